The highest BCUT2D eigenvalue weighted by atomic mass is 16.5. The van der Waals surface area contributed by atoms with Crippen LogP contribution < -0.4 is 4.74 Å². The fourth-order valence-electron chi connectivity index (χ4n) is 3.81. The first-order valence-corrected chi connectivity index (χ1v) is 9.56. The number of amides is 1. The number of rotatable bonds is 5. The molecular formula is C22H23NO5. The van der Waals surface area contributed by atoms with Gasteiger partial charge in [0.1, 0.15) is 12.4 Å². The van der Waals surface area contributed by atoms with E-state index in [0.717, 1.165) is 30.6 Å². The predicted molar refractivity (Wildman–Crippen MR) is 102 cm³/mol. The van der Waals surface area contributed by atoms with Gasteiger partial charge in [0.25, 0.3) is 5.91 Å². The summed E-state index contributed by atoms with van der Waals surface area (Å²) < 4.78 is 11.3. The number of carboxylic acids is 1. The summed E-state index contributed by atoms with van der Waals surface area (Å²) in [6, 6.07) is 14.4. The number of ether oxygens (including phenoxy) is 2. The Bertz CT molecular complexity index is 857. The molecule has 0 radical (unpaired) electrons. The molecule has 1 N–H and O–H groups in total. The van der Waals surface area contributed by atoms with Crippen LogP contribution in [-0.2, 0) is 16.1 Å². The van der Waals surface area contributed by atoms with Crippen molar-refractivity contribution in [3.8, 4) is 5.75 Å². The molecule has 0 aromatic heterocycles. The Morgan fingerprint density at radius 2 is 1.93 bits per heavy atom. The zero-order valence-corrected chi connectivity index (χ0v) is 15.5. The van der Waals surface area contributed by atoms with Crippen LogP contribution in [0.5, 0.6) is 5.75 Å². The molecule has 6 nitrogen and oxygen atoms in total. The van der Waals surface area contributed by atoms with Gasteiger partial charge >= 0.3 is 5.97 Å². The number of carbonyl (C=O) groups excluding carboxylic acids is 1. The SMILES string of the molecule is O=C(O)C1CN(C(=O)c2ccc(OCC3CCCO3)cc2)Cc2ccccc21. The number of carboxylic acid groups (broad SMARTS) is 1. The standard InChI is InChI=1S/C22H23NO5/c24-21(15-7-9-17(10-8-15)28-14-18-5-3-11-27-18)23-12-16-4-1-2-6-19(16)20(13-23)22(25)26/h1-2,4,6-10,18,20H,3,5,11-14H2,(H,25,26). The van der Waals surface area contributed by atoms with E-state index in [1.165, 1.54) is 0 Å². The van der Waals surface area contributed by atoms with E-state index in [9.17, 15) is 14.7 Å². The summed E-state index contributed by atoms with van der Waals surface area (Å²) in [5.41, 5.74) is 2.19. The number of carbonyl (C=O) groups is 2. The maximum Gasteiger partial charge on any atom is 0.312 e. The topological polar surface area (TPSA) is 76.1 Å². The molecule has 2 heterocycles. The summed E-state index contributed by atoms with van der Waals surface area (Å²) >= 11 is 0. The van der Waals surface area contributed by atoms with Crippen molar-refractivity contribution in [2.45, 2.75) is 31.4 Å². The summed E-state index contributed by atoms with van der Waals surface area (Å²) in [4.78, 5) is 26.2. The van der Waals surface area contributed by atoms with Gasteiger partial charge in [-0.1, -0.05) is 24.3 Å². The van der Waals surface area contributed by atoms with Crippen LogP contribution in [0.25, 0.3) is 0 Å². The molecule has 1 fully saturated rings. The van der Waals surface area contributed by atoms with E-state index in [0.29, 0.717) is 24.5 Å². The van der Waals surface area contributed by atoms with Crippen LogP contribution in [0.15, 0.2) is 48.5 Å². The minimum Gasteiger partial charge on any atom is -0.491 e. The second kappa shape index (κ2) is 8.02. The van der Waals surface area contributed by atoms with Crippen molar-refractivity contribution in [3.05, 3.63) is 65.2 Å². The van der Waals surface area contributed by atoms with E-state index in [-0.39, 0.29) is 18.6 Å². The molecule has 2 aliphatic rings. The monoisotopic (exact) mass is 381 g/mol. The zero-order valence-electron chi connectivity index (χ0n) is 15.5. The van der Waals surface area contributed by atoms with Gasteiger partial charge in [0.05, 0.1) is 12.0 Å². The van der Waals surface area contributed by atoms with Gasteiger partial charge in [0.15, 0.2) is 0 Å². The van der Waals surface area contributed by atoms with Crippen molar-refractivity contribution in [2.75, 3.05) is 19.8 Å². The number of hydrogen-bond acceptors (Lipinski definition) is 4. The van der Waals surface area contributed by atoms with E-state index < -0.39 is 11.9 Å². The van der Waals surface area contributed by atoms with Crippen LogP contribution in [0.4, 0.5) is 0 Å². The van der Waals surface area contributed by atoms with Crippen molar-refractivity contribution >= 4 is 11.9 Å². The van der Waals surface area contributed by atoms with Gasteiger partial charge < -0.3 is 19.5 Å². The highest BCUT2D eigenvalue weighted by Crippen LogP contribution is 2.29. The highest BCUT2D eigenvalue weighted by Gasteiger charge is 2.32. The molecule has 1 amide bonds. The first-order valence-electron chi connectivity index (χ1n) is 9.56. The molecular weight excluding hydrogens is 358 g/mol. The third-order valence-corrected chi connectivity index (χ3v) is 5.34. The van der Waals surface area contributed by atoms with Gasteiger partial charge in [-0.25, -0.2) is 0 Å². The molecule has 2 atom stereocenters. The largest absolute Gasteiger partial charge is 0.491 e. The first kappa shape index (κ1) is 18.5. The lowest BCUT2D eigenvalue weighted by molar-refractivity contribution is -0.139. The molecule has 2 aromatic carbocycles. The van der Waals surface area contributed by atoms with Crippen molar-refractivity contribution < 1.29 is 24.2 Å². The summed E-state index contributed by atoms with van der Waals surface area (Å²) in [5, 5.41) is 9.58. The third kappa shape index (κ3) is 3.87. The van der Waals surface area contributed by atoms with Crippen LogP contribution >= 0.6 is 0 Å². The number of benzene rings is 2. The molecule has 1 saturated heterocycles. The molecule has 0 saturated carbocycles. The fourth-order valence-corrected chi connectivity index (χ4v) is 3.81. The van der Waals surface area contributed by atoms with Crippen molar-refractivity contribution in [2.24, 2.45) is 0 Å². The minimum absolute atomic E-state index is 0.141. The minimum atomic E-state index is -0.914. The van der Waals surface area contributed by atoms with Crippen LogP contribution in [0, 0.1) is 0 Å². The quantitative estimate of drug-likeness (QED) is 0.861. The van der Waals surface area contributed by atoms with Crippen LogP contribution in [0.1, 0.15) is 40.2 Å². The van der Waals surface area contributed by atoms with Gasteiger partial charge in [0, 0.05) is 25.3 Å². The third-order valence-electron chi connectivity index (χ3n) is 5.34. The lowest BCUT2D eigenvalue weighted by Crippen LogP contribution is -2.40. The van der Waals surface area contributed by atoms with E-state index in [1.807, 2.05) is 24.3 Å². The Labute approximate surface area is 163 Å². The molecule has 28 heavy (non-hydrogen) atoms. The molecule has 0 spiro atoms. The summed E-state index contributed by atoms with van der Waals surface area (Å²) in [6.07, 6.45) is 2.22. The molecule has 0 aliphatic carbocycles. The number of aliphatic carboxylic acids is 1. The van der Waals surface area contributed by atoms with Crippen LogP contribution in [0.3, 0.4) is 0 Å². The van der Waals surface area contributed by atoms with E-state index in [4.69, 9.17) is 9.47 Å². The average molecular weight is 381 g/mol. The Morgan fingerprint density at radius 1 is 1.14 bits per heavy atom. The zero-order chi connectivity index (χ0) is 19.5. The summed E-state index contributed by atoms with van der Waals surface area (Å²) in [6.45, 7) is 1.88. The van der Waals surface area contributed by atoms with E-state index >= 15 is 0 Å². The predicted octanol–water partition coefficient (Wildman–Crippen LogP) is 3.07. The van der Waals surface area contributed by atoms with Crippen LogP contribution in [-0.4, -0.2) is 47.7 Å². The normalized spacial score (nSPS) is 21.2. The fraction of sp³-hybridized carbons (Fsp3) is 0.364. The highest BCUT2D eigenvalue weighted by molar-refractivity contribution is 5.95. The lowest BCUT2D eigenvalue weighted by atomic mass is 9.89. The van der Waals surface area contributed by atoms with Gasteiger partial charge in [-0.15, -0.1) is 0 Å². The van der Waals surface area contributed by atoms with Crippen molar-refractivity contribution in [1.29, 1.82) is 0 Å². The molecule has 2 unspecified atom stereocenters. The maximum atomic E-state index is 12.9. The Hall–Kier alpha value is -2.86. The van der Waals surface area contributed by atoms with E-state index in [1.54, 1.807) is 29.2 Å². The van der Waals surface area contributed by atoms with Gasteiger partial charge in [-0.3, -0.25) is 9.59 Å². The number of hydrogen-bond donors (Lipinski definition) is 1. The lowest BCUT2D eigenvalue weighted by Gasteiger charge is -2.33. The second-order valence-electron chi connectivity index (χ2n) is 7.25. The smallest absolute Gasteiger partial charge is 0.312 e. The molecule has 2 aliphatic heterocycles. The summed E-state index contributed by atoms with van der Waals surface area (Å²) in [7, 11) is 0. The average Bonchev–Trinajstić information content (AvgIpc) is 3.25. The maximum absolute atomic E-state index is 12.9. The molecule has 146 valence electrons. The van der Waals surface area contributed by atoms with Gasteiger partial charge in [-0.2, -0.15) is 0 Å². The van der Waals surface area contributed by atoms with Gasteiger partial charge in [-0.05, 0) is 48.2 Å². The number of fused-ring (bicyclic) bond motifs is 1. The molecule has 0 bridgehead atoms. The molecule has 2 aromatic rings. The second-order valence-corrected chi connectivity index (χ2v) is 7.25. The van der Waals surface area contributed by atoms with Crippen LogP contribution in [0.2, 0.25) is 0 Å². The van der Waals surface area contributed by atoms with Crippen molar-refractivity contribution in [1.82, 2.24) is 4.90 Å². The molecule has 4 rings (SSSR count). The number of nitrogens with zero attached hydrogens (tertiary/aromatic N) is 1. The Balaban J connectivity index is 1.44. The van der Waals surface area contributed by atoms with Crippen molar-refractivity contribution in [3.63, 3.8) is 0 Å². The van der Waals surface area contributed by atoms with E-state index in [2.05, 4.69) is 0 Å². The Morgan fingerprint density at radius 3 is 2.64 bits per heavy atom. The summed E-state index contributed by atoms with van der Waals surface area (Å²) in [5.74, 6) is -1.10. The molecule has 6 heteroatoms. The first-order chi connectivity index (χ1) is 13.6. The van der Waals surface area contributed by atoms with Gasteiger partial charge in [0.2, 0.25) is 0 Å². The Kier molecular flexibility index (Phi) is 5.30.